The molecule has 0 fully saturated rings. The van der Waals surface area contributed by atoms with Gasteiger partial charge in [0.25, 0.3) is 0 Å². The normalized spacial score (nSPS) is 10.3. The van der Waals surface area contributed by atoms with Crippen LogP contribution < -0.4 is 5.32 Å². The van der Waals surface area contributed by atoms with Gasteiger partial charge in [0.05, 0.1) is 0 Å². The summed E-state index contributed by atoms with van der Waals surface area (Å²) in [5.41, 5.74) is 2.65. The van der Waals surface area contributed by atoms with Crippen molar-refractivity contribution in [3.8, 4) is 0 Å². The summed E-state index contributed by atoms with van der Waals surface area (Å²) in [4.78, 5) is 15.6. The van der Waals surface area contributed by atoms with Gasteiger partial charge in [0.15, 0.2) is 0 Å². The first-order chi connectivity index (χ1) is 9.47. The number of nitrogens with zero attached hydrogens (tertiary/aromatic N) is 1. The third-order valence-corrected chi connectivity index (χ3v) is 3.14. The summed E-state index contributed by atoms with van der Waals surface area (Å²) in [5.74, 6) is -0.599. The van der Waals surface area contributed by atoms with E-state index in [4.69, 9.17) is 11.6 Å². The van der Waals surface area contributed by atoms with Gasteiger partial charge in [0.2, 0.25) is 0 Å². The summed E-state index contributed by atoms with van der Waals surface area (Å²) in [6.45, 7) is 4.07. The maximum atomic E-state index is 11.3. The number of rotatable bonds is 4. The molecule has 0 spiro atoms. The van der Waals surface area contributed by atoms with Gasteiger partial charge in [-0.25, -0.2) is 9.78 Å². The quantitative estimate of drug-likeness (QED) is 0.902. The van der Waals surface area contributed by atoms with E-state index >= 15 is 0 Å². The molecule has 0 aliphatic carbocycles. The van der Waals surface area contributed by atoms with E-state index in [1.54, 1.807) is 19.1 Å². The van der Waals surface area contributed by atoms with Crippen LogP contribution in [-0.4, -0.2) is 16.1 Å². The van der Waals surface area contributed by atoms with E-state index in [0.717, 1.165) is 11.3 Å². The highest BCUT2D eigenvalue weighted by atomic mass is 35.5. The molecule has 1 aromatic heterocycles. The van der Waals surface area contributed by atoms with Gasteiger partial charge in [-0.2, -0.15) is 0 Å². The Kier molecular flexibility index (Phi) is 4.25. The minimum atomic E-state index is -0.983. The Hall–Kier alpha value is -2.07. The second-order valence-corrected chi connectivity index (χ2v) is 5.03. The molecule has 0 radical (unpaired) electrons. The second-order valence-electron chi connectivity index (χ2n) is 4.59. The Morgan fingerprint density at radius 1 is 1.35 bits per heavy atom. The fraction of sp³-hybridized carbons (Fsp3) is 0.200. The number of pyridine rings is 1. The maximum Gasteiger partial charge on any atom is 0.339 e. The maximum absolute atomic E-state index is 11.3. The highest BCUT2D eigenvalue weighted by molar-refractivity contribution is 6.30. The van der Waals surface area contributed by atoms with Gasteiger partial charge in [-0.3, -0.25) is 0 Å². The lowest BCUT2D eigenvalue weighted by atomic mass is 10.1. The molecular formula is C15H15ClN2O2. The van der Waals surface area contributed by atoms with E-state index in [1.807, 2.05) is 25.1 Å². The zero-order chi connectivity index (χ0) is 14.7. The highest BCUT2D eigenvalue weighted by Gasteiger charge is 2.15. The molecular weight excluding hydrogens is 276 g/mol. The topological polar surface area (TPSA) is 62.2 Å². The molecule has 0 aliphatic heterocycles. The van der Waals surface area contributed by atoms with Crippen LogP contribution in [-0.2, 0) is 6.54 Å². The van der Waals surface area contributed by atoms with E-state index in [0.29, 0.717) is 22.9 Å². The molecule has 0 saturated carbocycles. The number of hydrogen-bond acceptors (Lipinski definition) is 3. The monoisotopic (exact) mass is 290 g/mol. The Morgan fingerprint density at radius 2 is 2.10 bits per heavy atom. The zero-order valence-corrected chi connectivity index (χ0v) is 12.0. The van der Waals surface area contributed by atoms with E-state index in [-0.39, 0.29) is 5.56 Å². The van der Waals surface area contributed by atoms with Gasteiger partial charge in [-0.05, 0) is 43.2 Å². The first kappa shape index (κ1) is 14.3. The number of aromatic carboxylic acids is 1. The van der Waals surface area contributed by atoms with Crippen molar-refractivity contribution in [3.63, 3.8) is 0 Å². The molecule has 104 valence electrons. The van der Waals surface area contributed by atoms with Gasteiger partial charge in [0.1, 0.15) is 11.4 Å². The van der Waals surface area contributed by atoms with E-state index in [9.17, 15) is 9.90 Å². The number of benzene rings is 1. The number of carboxylic acids is 1. The standard InChI is InChI=1S/C15H15ClN2O2/c1-9-6-10(2)18-14(13(9)15(19)20)17-8-11-4-3-5-12(16)7-11/h3-7H,8H2,1-2H3,(H,17,18)(H,19,20). The second kappa shape index (κ2) is 5.92. The number of anilines is 1. The zero-order valence-electron chi connectivity index (χ0n) is 11.3. The minimum absolute atomic E-state index is 0.206. The molecule has 1 heterocycles. The number of aryl methyl sites for hydroxylation is 2. The molecule has 4 nitrogen and oxygen atoms in total. The van der Waals surface area contributed by atoms with Crippen molar-refractivity contribution < 1.29 is 9.90 Å². The molecule has 20 heavy (non-hydrogen) atoms. The highest BCUT2D eigenvalue weighted by Crippen LogP contribution is 2.20. The third-order valence-electron chi connectivity index (χ3n) is 2.91. The molecule has 0 atom stereocenters. The lowest BCUT2D eigenvalue weighted by molar-refractivity contribution is 0.0697. The van der Waals surface area contributed by atoms with Crippen molar-refractivity contribution >= 4 is 23.4 Å². The van der Waals surface area contributed by atoms with Crippen LogP contribution in [0.5, 0.6) is 0 Å². The molecule has 0 saturated heterocycles. The summed E-state index contributed by atoms with van der Waals surface area (Å²) < 4.78 is 0. The van der Waals surface area contributed by atoms with Crippen LogP contribution in [0.3, 0.4) is 0 Å². The number of aromatic nitrogens is 1. The van der Waals surface area contributed by atoms with Crippen molar-refractivity contribution in [2.75, 3.05) is 5.32 Å². The average molecular weight is 291 g/mol. The average Bonchev–Trinajstić information content (AvgIpc) is 2.35. The van der Waals surface area contributed by atoms with E-state index in [2.05, 4.69) is 10.3 Å². The van der Waals surface area contributed by atoms with Gasteiger partial charge in [0, 0.05) is 17.3 Å². The summed E-state index contributed by atoms with van der Waals surface area (Å²) in [6, 6.07) is 9.16. The van der Waals surface area contributed by atoms with Crippen molar-refractivity contribution in [3.05, 3.63) is 57.7 Å². The summed E-state index contributed by atoms with van der Waals surface area (Å²) >= 11 is 5.92. The van der Waals surface area contributed by atoms with Gasteiger partial charge >= 0.3 is 5.97 Å². The smallest absolute Gasteiger partial charge is 0.339 e. The van der Waals surface area contributed by atoms with Crippen LogP contribution in [0.4, 0.5) is 5.82 Å². The lowest BCUT2D eigenvalue weighted by Gasteiger charge is -2.12. The van der Waals surface area contributed by atoms with Crippen molar-refractivity contribution in [2.24, 2.45) is 0 Å². The number of halogens is 1. The van der Waals surface area contributed by atoms with E-state index < -0.39 is 5.97 Å². The SMILES string of the molecule is Cc1cc(C)c(C(=O)O)c(NCc2cccc(Cl)c2)n1. The molecule has 0 unspecified atom stereocenters. The largest absolute Gasteiger partial charge is 0.478 e. The number of carbonyl (C=O) groups is 1. The fourth-order valence-electron chi connectivity index (χ4n) is 2.07. The molecule has 2 rings (SSSR count). The Morgan fingerprint density at radius 3 is 2.75 bits per heavy atom. The van der Waals surface area contributed by atoms with Crippen LogP contribution in [0.1, 0.15) is 27.2 Å². The van der Waals surface area contributed by atoms with Gasteiger partial charge < -0.3 is 10.4 Å². The molecule has 2 aromatic rings. The predicted molar refractivity (Wildman–Crippen MR) is 79.4 cm³/mol. The van der Waals surface area contributed by atoms with Crippen molar-refractivity contribution in [1.29, 1.82) is 0 Å². The Labute approximate surface area is 122 Å². The van der Waals surface area contributed by atoms with E-state index in [1.165, 1.54) is 0 Å². The van der Waals surface area contributed by atoms with Crippen LogP contribution >= 0.6 is 11.6 Å². The van der Waals surface area contributed by atoms with Crippen LogP contribution in [0.15, 0.2) is 30.3 Å². The predicted octanol–water partition coefficient (Wildman–Crippen LogP) is 3.66. The summed E-state index contributed by atoms with van der Waals surface area (Å²) in [7, 11) is 0. The first-order valence-electron chi connectivity index (χ1n) is 6.17. The van der Waals surface area contributed by atoms with Gasteiger partial charge in [-0.1, -0.05) is 23.7 Å². The Balaban J connectivity index is 2.27. The van der Waals surface area contributed by atoms with Crippen LogP contribution in [0.25, 0.3) is 0 Å². The number of carboxylic acid groups (broad SMARTS) is 1. The molecule has 0 bridgehead atoms. The molecule has 0 amide bonds. The molecule has 5 heteroatoms. The minimum Gasteiger partial charge on any atom is -0.478 e. The summed E-state index contributed by atoms with van der Waals surface area (Å²) in [5, 5.41) is 13.0. The van der Waals surface area contributed by atoms with Crippen molar-refractivity contribution in [1.82, 2.24) is 4.98 Å². The third kappa shape index (κ3) is 3.27. The van der Waals surface area contributed by atoms with Gasteiger partial charge in [-0.15, -0.1) is 0 Å². The molecule has 1 aromatic carbocycles. The number of nitrogens with one attached hydrogen (secondary N) is 1. The first-order valence-corrected chi connectivity index (χ1v) is 6.55. The van der Waals surface area contributed by atoms with Crippen molar-refractivity contribution in [2.45, 2.75) is 20.4 Å². The molecule has 0 aliphatic rings. The molecule has 2 N–H and O–H groups in total. The Bertz CT molecular complexity index is 656. The van der Waals surface area contributed by atoms with Crippen LogP contribution in [0, 0.1) is 13.8 Å². The fourth-order valence-corrected chi connectivity index (χ4v) is 2.28. The van der Waals surface area contributed by atoms with Crippen LogP contribution in [0.2, 0.25) is 5.02 Å². The lowest BCUT2D eigenvalue weighted by Crippen LogP contribution is -2.11. The number of hydrogen-bond donors (Lipinski definition) is 2. The summed E-state index contributed by atoms with van der Waals surface area (Å²) in [6.07, 6.45) is 0.